The van der Waals surface area contributed by atoms with Crippen molar-refractivity contribution in [2.45, 2.75) is 4.90 Å². The number of nitrogens with two attached hydrogens (primary N) is 1. The average molecular weight is 250 g/mol. The molecule has 2 aromatic rings. The minimum absolute atomic E-state index is 0.325. The Kier molecular flexibility index (Phi) is 3.39. The maximum absolute atomic E-state index is 12.7. The lowest BCUT2D eigenvalue weighted by Gasteiger charge is -2.06. The highest BCUT2D eigenvalue weighted by atomic mass is 32.2. The van der Waals surface area contributed by atoms with Crippen LogP contribution in [-0.2, 0) is 11.0 Å². The fraction of sp³-hybridized carbons (Fsp3) is 0. The first-order valence-corrected chi connectivity index (χ1v) is 6.10. The van der Waals surface area contributed by atoms with Crippen LogP contribution in [0, 0.1) is 5.82 Å². The molecule has 0 saturated heterocycles. The quantitative estimate of drug-likeness (QED) is 0.822. The number of anilines is 2. The summed E-state index contributed by atoms with van der Waals surface area (Å²) in [5.74, 6) is -0.325. The molecular formula is C12H11FN2OS. The summed E-state index contributed by atoms with van der Waals surface area (Å²) in [5.41, 5.74) is 6.75. The lowest BCUT2D eigenvalue weighted by molar-refractivity contribution is 0.628. The van der Waals surface area contributed by atoms with Crippen molar-refractivity contribution in [2.24, 2.45) is 0 Å². The molecule has 5 heteroatoms. The average Bonchev–Trinajstić information content (AvgIpc) is 2.33. The van der Waals surface area contributed by atoms with Gasteiger partial charge in [-0.1, -0.05) is 0 Å². The van der Waals surface area contributed by atoms with Crippen LogP contribution in [0.25, 0.3) is 0 Å². The van der Waals surface area contributed by atoms with Gasteiger partial charge in [0, 0.05) is 11.4 Å². The van der Waals surface area contributed by atoms with Gasteiger partial charge in [-0.15, -0.1) is 0 Å². The number of benzene rings is 2. The van der Waals surface area contributed by atoms with Gasteiger partial charge in [0.15, 0.2) is 0 Å². The Hall–Kier alpha value is -1.88. The smallest absolute Gasteiger partial charge is 0.150 e. The monoisotopic (exact) mass is 250 g/mol. The largest absolute Gasteiger partial charge is 0.399 e. The van der Waals surface area contributed by atoms with Gasteiger partial charge in [-0.2, -0.15) is 0 Å². The predicted molar refractivity (Wildman–Crippen MR) is 67.3 cm³/mol. The summed E-state index contributed by atoms with van der Waals surface area (Å²) in [6.07, 6.45) is 0. The van der Waals surface area contributed by atoms with Crippen molar-refractivity contribution in [2.75, 3.05) is 10.5 Å². The molecule has 0 spiro atoms. The molecule has 0 saturated carbocycles. The summed E-state index contributed by atoms with van der Waals surface area (Å²) < 4.78 is 27.3. The Bertz CT molecular complexity index is 525. The second-order valence-corrected chi connectivity index (χ2v) is 4.66. The van der Waals surface area contributed by atoms with Crippen LogP contribution in [0.3, 0.4) is 0 Å². The van der Waals surface area contributed by atoms with Crippen LogP contribution in [0.4, 0.5) is 15.8 Å². The molecule has 0 heterocycles. The summed E-state index contributed by atoms with van der Waals surface area (Å²) >= 11 is 0. The molecule has 0 aliphatic heterocycles. The topological polar surface area (TPSA) is 55.1 Å². The highest BCUT2D eigenvalue weighted by molar-refractivity contribution is 7.86. The molecule has 0 aliphatic carbocycles. The highest BCUT2D eigenvalue weighted by Crippen LogP contribution is 2.14. The molecule has 0 radical (unpaired) electrons. The Morgan fingerprint density at radius 2 is 1.59 bits per heavy atom. The second kappa shape index (κ2) is 4.97. The Morgan fingerprint density at radius 3 is 2.18 bits per heavy atom. The van der Waals surface area contributed by atoms with Crippen molar-refractivity contribution >= 4 is 22.4 Å². The molecule has 2 aromatic carbocycles. The molecule has 0 aromatic heterocycles. The number of halogens is 1. The van der Waals surface area contributed by atoms with Crippen LogP contribution < -0.4 is 10.5 Å². The van der Waals surface area contributed by atoms with Gasteiger partial charge in [-0.25, -0.2) is 8.60 Å². The third kappa shape index (κ3) is 3.04. The lowest BCUT2D eigenvalue weighted by Crippen LogP contribution is -2.04. The molecule has 0 bridgehead atoms. The summed E-state index contributed by atoms with van der Waals surface area (Å²) in [4.78, 5) is 0.614. The first-order chi connectivity index (χ1) is 8.15. The Labute approximate surface area is 101 Å². The van der Waals surface area contributed by atoms with E-state index in [1.807, 2.05) is 0 Å². The number of hydrogen-bond acceptors (Lipinski definition) is 2. The third-order valence-corrected chi connectivity index (χ3v) is 3.27. The fourth-order valence-electron chi connectivity index (χ4n) is 1.28. The van der Waals surface area contributed by atoms with Crippen molar-refractivity contribution in [3.8, 4) is 0 Å². The summed E-state index contributed by atoms with van der Waals surface area (Å²) in [6.45, 7) is 0. The standard InChI is InChI=1S/C12H11FN2OS/c13-9-1-5-11(6-2-9)15-17(16)12-7-3-10(14)4-8-12/h1-8,15H,14H2. The van der Waals surface area contributed by atoms with E-state index in [0.29, 0.717) is 16.3 Å². The maximum atomic E-state index is 12.7. The molecule has 1 atom stereocenters. The van der Waals surface area contributed by atoms with E-state index >= 15 is 0 Å². The molecule has 0 aliphatic rings. The van der Waals surface area contributed by atoms with Gasteiger partial charge in [0.25, 0.3) is 0 Å². The fourth-order valence-corrected chi connectivity index (χ4v) is 2.13. The molecule has 2 rings (SSSR count). The maximum Gasteiger partial charge on any atom is 0.150 e. The van der Waals surface area contributed by atoms with Crippen molar-refractivity contribution < 1.29 is 8.60 Å². The molecule has 88 valence electrons. The van der Waals surface area contributed by atoms with Crippen LogP contribution >= 0.6 is 0 Å². The van der Waals surface area contributed by atoms with Gasteiger partial charge < -0.3 is 10.5 Å². The lowest BCUT2D eigenvalue weighted by atomic mass is 10.3. The van der Waals surface area contributed by atoms with Gasteiger partial charge in [0.2, 0.25) is 0 Å². The van der Waals surface area contributed by atoms with E-state index in [1.165, 1.54) is 24.3 Å². The number of hydrogen-bond donors (Lipinski definition) is 2. The van der Waals surface area contributed by atoms with Crippen molar-refractivity contribution in [1.29, 1.82) is 0 Å². The normalized spacial score (nSPS) is 12.1. The van der Waals surface area contributed by atoms with E-state index in [9.17, 15) is 8.60 Å². The van der Waals surface area contributed by atoms with E-state index in [4.69, 9.17) is 5.73 Å². The molecule has 0 fully saturated rings. The van der Waals surface area contributed by atoms with Crippen molar-refractivity contribution in [3.63, 3.8) is 0 Å². The zero-order valence-electron chi connectivity index (χ0n) is 8.89. The van der Waals surface area contributed by atoms with Crippen molar-refractivity contribution in [3.05, 3.63) is 54.3 Å². The Morgan fingerprint density at radius 1 is 1.00 bits per heavy atom. The van der Waals surface area contributed by atoms with Crippen LogP contribution in [0.2, 0.25) is 0 Å². The van der Waals surface area contributed by atoms with Gasteiger partial charge >= 0.3 is 0 Å². The van der Waals surface area contributed by atoms with E-state index in [1.54, 1.807) is 24.3 Å². The summed E-state index contributed by atoms with van der Waals surface area (Å²) in [7, 11) is -1.38. The van der Waals surface area contributed by atoms with Crippen LogP contribution in [0.1, 0.15) is 0 Å². The third-order valence-electron chi connectivity index (χ3n) is 2.15. The van der Waals surface area contributed by atoms with Gasteiger partial charge in [0.1, 0.15) is 16.8 Å². The highest BCUT2D eigenvalue weighted by Gasteiger charge is 2.03. The molecule has 3 nitrogen and oxygen atoms in total. The Balaban J connectivity index is 2.11. The van der Waals surface area contributed by atoms with Crippen LogP contribution in [-0.4, -0.2) is 4.21 Å². The zero-order valence-corrected chi connectivity index (χ0v) is 9.71. The number of nitrogens with one attached hydrogen (secondary N) is 1. The SMILES string of the molecule is Nc1ccc(S(=O)Nc2ccc(F)cc2)cc1. The molecule has 1 unspecified atom stereocenters. The zero-order chi connectivity index (χ0) is 12.3. The first-order valence-electron chi connectivity index (χ1n) is 4.95. The van der Waals surface area contributed by atoms with E-state index in [0.717, 1.165) is 0 Å². The van der Waals surface area contributed by atoms with Crippen LogP contribution in [0.15, 0.2) is 53.4 Å². The van der Waals surface area contributed by atoms with Gasteiger partial charge in [-0.3, -0.25) is 0 Å². The van der Waals surface area contributed by atoms with E-state index in [-0.39, 0.29) is 5.82 Å². The first kappa shape index (κ1) is 11.6. The molecule has 0 amide bonds. The van der Waals surface area contributed by atoms with Gasteiger partial charge in [0.05, 0.1) is 4.90 Å². The van der Waals surface area contributed by atoms with Crippen LogP contribution in [0.5, 0.6) is 0 Å². The summed E-state index contributed by atoms with van der Waals surface area (Å²) in [6, 6.07) is 12.4. The molecule has 3 N–H and O–H groups in total. The number of rotatable bonds is 3. The summed E-state index contributed by atoms with van der Waals surface area (Å²) in [5, 5.41) is 0. The predicted octanol–water partition coefficient (Wildman–Crippen LogP) is 2.54. The molecule has 17 heavy (non-hydrogen) atoms. The van der Waals surface area contributed by atoms with Crippen molar-refractivity contribution in [1.82, 2.24) is 0 Å². The number of nitrogen functional groups attached to an aromatic ring is 1. The molecular weight excluding hydrogens is 239 g/mol. The minimum Gasteiger partial charge on any atom is -0.399 e. The minimum atomic E-state index is -1.38. The van der Waals surface area contributed by atoms with Gasteiger partial charge in [-0.05, 0) is 48.5 Å². The van der Waals surface area contributed by atoms with E-state index in [2.05, 4.69) is 4.72 Å². The second-order valence-electron chi connectivity index (χ2n) is 3.45. The van der Waals surface area contributed by atoms with E-state index < -0.39 is 11.0 Å².